The number of nitrogens with zero attached hydrogens (tertiary/aromatic N) is 1. The summed E-state index contributed by atoms with van der Waals surface area (Å²) in [5.41, 5.74) is 1.29. The van der Waals surface area contributed by atoms with Gasteiger partial charge in [0.2, 0.25) is 11.8 Å². The first-order valence-corrected chi connectivity index (χ1v) is 7.94. The van der Waals surface area contributed by atoms with Gasteiger partial charge in [0.15, 0.2) is 0 Å². The summed E-state index contributed by atoms with van der Waals surface area (Å²) < 4.78 is 13.9. The first-order chi connectivity index (χ1) is 11.0. The summed E-state index contributed by atoms with van der Waals surface area (Å²) in [4.78, 5) is 26.0. The molecule has 0 saturated carbocycles. The number of hydrogen-bond acceptors (Lipinski definition) is 2. The maximum absolute atomic E-state index is 13.0. The Hall–Kier alpha value is -2.21. The van der Waals surface area contributed by atoms with Gasteiger partial charge in [0.25, 0.3) is 0 Å². The standard InChI is InChI=1S/C17H14BrFN2O2/c18-12-1-5-14(6-2-12)20-17(23)11-9-16(22)21(10-11)15-7-3-13(19)4-8-15/h1-8,11H,9-10H2,(H,20,23). The highest BCUT2D eigenvalue weighted by molar-refractivity contribution is 9.10. The molecule has 1 saturated heterocycles. The van der Waals surface area contributed by atoms with Gasteiger partial charge in [-0.05, 0) is 48.5 Å². The number of nitrogens with one attached hydrogen (secondary N) is 1. The van der Waals surface area contributed by atoms with Gasteiger partial charge < -0.3 is 10.2 Å². The third kappa shape index (κ3) is 3.59. The van der Waals surface area contributed by atoms with E-state index in [0.29, 0.717) is 17.9 Å². The van der Waals surface area contributed by atoms with Crippen molar-refractivity contribution in [2.75, 3.05) is 16.8 Å². The van der Waals surface area contributed by atoms with Crippen LogP contribution >= 0.6 is 15.9 Å². The lowest BCUT2D eigenvalue weighted by Gasteiger charge is -2.16. The largest absolute Gasteiger partial charge is 0.326 e. The molecule has 118 valence electrons. The number of amides is 2. The van der Waals surface area contributed by atoms with E-state index in [9.17, 15) is 14.0 Å². The Morgan fingerprint density at radius 2 is 1.78 bits per heavy atom. The van der Waals surface area contributed by atoms with Crippen LogP contribution in [0.4, 0.5) is 15.8 Å². The van der Waals surface area contributed by atoms with Crippen molar-refractivity contribution in [2.24, 2.45) is 5.92 Å². The smallest absolute Gasteiger partial charge is 0.229 e. The minimum Gasteiger partial charge on any atom is -0.326 e. The van der Waals surface area contributed by atoms with Gasteiger partial charge in [-0.3, -0.25) is 9.59 Å². The Bertz CT molecular complexity index is 731. The van der Waals surface area contributed by atoms with Crippen LogP contribution in [0.25, 0.3) is 0 Å². The lowest BCUT2D eigenvalue weighted by atomic mass is 10.1. The fourth-order valence-electron chi connectivity index (χ4n) is 2.53. The van der Waals surface area contributed by atoms with E-state index in [1.807, 2.05) is 12.1 Å². The average Bonchev–Trinajstić information content (AvgIpc) is 2.92. The van der Waals surface area contributed by atoms with Gasteiger partial charge in [-0.1, -0.05) is 15.9 Å². The fourth-order valence-corrected chi connectivity index (χ4v) is 2.80. The Labute approximate surface area is 141 Å². The number of carbonyl (C=O) groups is 2. The molecule has 1 unspecified atom stereocenters. The van der Waals surface area contributed by atoms with Crippen molar-refractivity contribution in [3.63, 3.8) is 0 Å². The number of benzene rings is 2. The van der Waals surface area contributed by atoms with E-state index in [0.717, 1.165) is 4.47 Å². The number of carbonyl (C=O) groups excluding carboxylic acids is 2. The molecule has 0 bridgehead atoms. The van der Waals surface area contributed by atoms with Crippen LogP contribution in [-0.2, 0) is 9.59 Å². The number of halogens is 2. The molecular formula is C17H14BrFN2O2. The van der Waals surface area contributed by atoms with Crippen LogP contribution in [0.3, 0.4) is 0 Å². The fraction of sp³-hybridized carbons (Fsp3) is 0.176. The second kappa shape index (κ2) is 6.50. The molecule has 1 N–H and O–H groups in total. The molecular weight excluding hydrogens is 363 g/mol. The van der Waals surface area contributed by atoms with Crippen LogP contribution in [-0.4, -0.2) is 18.4 Å². The van der Waals surface area contributed by atoms with Crippen LogP contribution < -0.4 is 10.2 Å². The highest BCUT2D eigenvalue weighted by atomic mass is 79.9. The van der Waals surface area contributed by atoms with Gasteiger partial charge in [-0.25, -0.2) is 4.39 Å². The molecule has 1 aliphatic heterocycles. The molecule has 0 spiro atoms. The molecule has 0 radical (unpaired) electrons. The zero-order valence-corrected chi connectivity index (χ0v) is 13.7. The summed E-state index contributed by atoms with van der Waals surface area (Å²) in [5.74, 6) is -1.10. The lowest BCUT2D eigenvalue weighted by Crippen LogP contribution is -2.28. The van der Waals surface area contributed by atoms with E-state index < -0.39 is 5.92 Å². The first kappa shape index (κ1) is 15.7. The summed E-state index contributed by atoms with van der Waals surface area (Å²) in [7, 11) is 0. The average molecular weight is 377 g/mol. The van der Waals surface area contributed by atoms with Gasteiger partial charge >= 0.3 is 0 Å². The number of anilines is 2. The van der Waals surface area contributed by atoms with E-state index in [2.05, 4.69) is 21.2 Å². The molecule has 2 aromatic rings. The second-order valence-corrected chi connectivity index (χ2v) is 6.29. The van der Waals surface area contributed by atoms with Crippen molar-refractivity contribution >= 4 is 39.1 Å². The number of hydrogen-bond donors (Lipinski definition) is 1. The van der Waals surface area contributed by atoms with E-state index >= 15 is 0 Å². The van der Waals surface area contributed by atoms with Gasteiger partial charge in [0.05, 0.1) is 5.92 Å². The predicted octanol–water partition coefficient (Wildman–Crippen LogP) is 3.58. The van der Waals surface area contributed by atoms with E-state index in [1.54, 1.807) is 24.3 Å². The third-order valence-corrected chi connectivity index (χ3v) is 4.27. The van der Waals surface area contributed by atoms with Crippen molar-refractivity contribution in [2.45, 2.75) is 6.42 Å². The molecule has 0 aliphatic carbocycles. The molecule has 1 fully saturated rings. The Morgan fingerprint density at radius 3 is 2.43 bits per heavy atom. The molecule has 1 heterocycles. The molecule has 4 nitrogen and oxygen atoms in total. The molecule has 6 heteroatoms. The number of rotatable bonds is 3. The predicted molar refractivity (Wildman–Crippen MR) is 89.6 cm³/mol. The summed E-state index contributed by atoms with van der Waals surface area (Å²) >= 11 is 3.33. The normalized spacial score (nSPS) is 17.4. The van der Waals surface area contributed by atoms with Gasteiger partial charge in [0.1, 0.15) is 5.82 Å². The Morgan fingerprint density at radius 1 is 1.13 bits per heavy atom. The van der Waals surface area contributed by atoms with Gasteiger partial charge in [-0.15, -0.1) is 0 Å². The lowest BCUT2D eigenvalue weighted by molar-refractivity contribution is -0.122. The van der Waals surface area contributed by atoms with Gasteiger partial charge in [0, 0.05) is 28.8 Å². The van der Waals surface area contributed by atoms with Crippen molar-refractivity contribution in [3.8, 4) is 0 Å². The summed E-state index contributed by atoms with van der Waals surface area (Å²) in [6.45, 7) is 0.298. The van der Waals surface area contributed by atoms with Crippen LogP contribution in [0, 0.1) is 11.7 Å². The SMILES string of the molecule is O=C(Nc1ccc(Br)cc1)C1CC(=O)N(c2ccc(F)cc2)C1. The zero-order valence-electron chi connectivity index (χ0n) is 12.1. The first-order valence-electron chi connectivity index (χ1n) is 7.15. The Balaban J connectivity index is 1.68. The maximum atomic E-state index is 13.0. The van der Waals surface area contributed by atoms with Crippen LogP contribution in [0.5, 0.6) is 0 Å². The molecule has 23 heavy (non-hydrogen) atoms. The van der Waals surface area contributed by atoms with Crippen LogP contribution in [0.15, 0.2) is 53.0 Å². The van der Waals surface area contributed by atoms with Crippen molar-refractivity contribution in [1.29, 1.82) is 0 Å². The van der Waals surface area contributed by atoms with E-state index in [4.69, 9.17) is 0 Å². The monoisotopic (exact) mass is 376 g/mol. The highest BCUT2D eigenvalue weighted by Crippen LogP contribution is 2.26. The second-order valence-electron chi connectivity index (χ2n) is 5.38. The molecule has 1 aliphatic rings. The minimum absolute atomic E-state index is 0.132. The molecule has 3 rings (SSSR count). The summed E-state index contributed by atoms with van der Waals surface area (Å²) in [6, 6.07) is 12.9. The van der Waals surface area contributed by atoms with E-state index in [-0.39, 0.29) is 24.1 Å². The summed E-state index contributed by atoms with van der Waals surface area (Å²) in [5, 5.41) is 2.81. The summed E-state index contributed by atoms with van der Waals surface area (Å²) in [6.07, 6.45) is 0.153. The van der Waals surface area contributed by atoms with Crippen molar-refractivity contribution in [3.05, 3.63) is 58.8 Å². The van der Waals surface area contributed by atoms with Gasteiger partial charge in [-0.2, -0.15) is 0 Å². The van der Waals surface area contributed by atoms with E-state index in [1.165, 1.54) is 17.0 Å². The van der Waals surface area contributed by atoms with Crippen LogP contribution in [0.1, 0.15) is 6.42 Å². The minimum atomic E-state index is -0.420. The molecule has 2 aromatic carbocycles. The topological polar surface area (TPSA) is 49.4 Å². The van der Waals surface area contributed by atoms with Crippen molar-refractivity contribution < 1.29 is 14.0 Å². The van der Waals surface area contributed by atoms with Crippen LogP contribution in [0.2, 0.25) is 0 Å². The zero-order chi connectivity index (χ0) is 16.4. The Kier molecular flexibility index (Phi) is 4.43. The molecule has 0 aromatic heterocycles. The molecule has 2 amide bonds. The quantitative estimate of drug-likeness (QED) is 0.889. The van der Waals surface area contributed by atoms with Crippen molar-refractivity contribution in [1.82, 2.24) is 0 Å². The molecule has 1 atom stereocenters. The highest BCUT2D eigenvalue weighted by Gasteiger charge is 2.35. The third-order valence-electron chi connectivity index (χ3n) is 3.75. The maximum Gasteiger partial charge on any atom is 0.229 e.